The van der Waals surface area contributed by atoms with Crippen LogP contribution in [0.3, 0.4) is 0 Å². The van der Waals surface area contributed by atoms with E-state index in [-0.39, 0.29) is 10.7 Å². The van der Waals surface area contributed by atoms with Crippen LogP contribution in [-0.2, 0) is 32.5 Å². The molecule has 0 saturated heterocycles. The number of nitrogens with zero attached hydrogens (tertiary/aromatic N) is 4. The van der Waals surface area contributed by atoms with Crippen molar-refractivity contribution >= 4 is 19.7 Å². The predicted octanol–water partition coefficient (Wildman–Crippen LogP) is 1.01. The molecule has 0 aliphatic heterocycles. The fourth-order valence-corrected chi connectivity index (χ4v) is 4.29. The van der Waals surface area contributed by atoms with Gasteiger partial charge in [0.15, 0.2) is 14.9 Å². The molecule has 0 atom stereocenters. The fraction of sp³-hybridized carbons (Fsp3) is 0.467. The fourth-order valence-electron chi connectivity index (χ4n) is 2.89. The van der Waals surface area contributed by atoms with Gasteiger partial charge in [0.1, 0.15) is 5.69 Å². The van der Waals surface area contributed by atoms with E-state index in [4.69, 9.17) is 0 Å². The number of aryl methyl sites for hydroxylation is 1. The van der Waals surface area contributed by atoms with Crippen LogP contribution in [-0.4, -0.2) is 49.5 Å². The molecule has 0 radical (unpaired) electrons. The number of aromatic nitrogens is 4. The van der Waals surface area contributed by atoms with Gasteiger partial charge in [-0.25, -0.2) is 26.8 Å². The Bertz CT molecular complexity index is 1030. The molecule has 2 aromatic rings. The lowest BCUT2D eigenvalue weighted by Gasteiger charge is -2.13. The molecule has 25 heavy (non-hydrogen) atoms. The molecule has 0 bridgehead atoms. The molecular weight excluding hydrogens is 364 g/mol. The maximum atomic E-state index is 12.2. The zero-order valence-corrected chi connectivity index (χ0v) is 15.6. The van der Waals surface area contributed by atoms with Crippen molar-refractivity contribution in [1.82, 2.24) is 20.2 Å². The topological polar surface area (TPSA) is 120 Å². The van der Waals surface area contributed by atoms with Crippen molar-refractivity contribution < 1.29 is 16.8 Å². The zero-order valence-electron chi connectivity index (χ0n) is 13.9. The second-order valence-corrected chi connectivity index (χ2v) is 10.0. The van der Waals surface area contributed by atoms with Crippen LogP contribution in [0.1, 0.15) is 30.4 Å². The van der Waals surface area contributed by atoms with Gasteiger partial charge in [-0.05, 0) is 42.9 Å². The van der Waals surface area contributed by atoms with Crippen LogP contribution in [0, 0.1) is 0 Å². The van der Waals surface area contributed by atoms with E-state index in [1.165, 1.54) is 6.20 Å². The maximum absolute atomic E-state index is 12.2. The smallest absolute Gasteiger partial charge is 0.234 e. The van der Waals surface area contributed by atoms with Gasteiger partial charge < -0.3 is 0 Å². The number of hydrogen-bond acceptors (Lipinski definition) is 8. The number of pyridine rings is 1. The SMILES string of the molecule is CS(=O)(=O)c1nncc(-c2cc3c(c(S(C)(=O)=O)n2)CCCCC3)n1. The highest BCUT2D eigenvalue weighted by molar-refractivity contribution is 7.90. The Hall–Kier alpha value is -1.94. The van der Waals surface area contributed by atoms with Crippen molar-refractivity contribution in [2.24, 2.45) is 0 Å². The lowest BCUT2D eigenvalue weighted by molar-refractivity contribution is 0.588. The van der Waals surface area contributed by atoms with Crippen LogP contribution in [0.4, 0.5) is 0 Å². The molecule has 1 aliphatic rings. The highest BCUT2D eigenvalue weighted by Gasteiger charge is 2.23. The summed E-state index contributed by atoms with van der Waals surface area (Å²) in [5.74, 6) is 0. The Labute approximate surface area is 146 Å². The molecular formula is C15H18N4O4S2. The lowest BCUT2D eigenvalue weighted by atomic mass is 10.0. The van der Waals surface area contributed by atoms with Gasteiger partial charge in [-0.1, -0.05) is 6.42 Å². The second kappa shape index (κ2) is 6.41. The summed E-state index contributed by atoms with van der Waals surface area (Å²) in [6.07, 6.45) is 7.74. The first kappa shape index (κ1) is 17.9. The summed E-state index contributed by atoms with van der Waals surface area (Å²) in [5.41, 5.74) is 2.16. The lowest BCUT2D eigenvalue weighted by Crippen LogP contribution is -2.11. The van der Waals surface area contributed by atoms with Crippen LogP contribution >= 0.6 is 0 Å². The van der Waals surface area contributed by atoms with Crippen LogP contribution in [0.5, 0.6) is 0 Å². The molecule has 134 valence electrons. The Kier molecular flexibility index (Phi) is 4.58. The first-order valence-corrected chi connectivity index (χ1v) is 11.6. The van der Waals surface area contributed by atoms with Crippen molar-refractivity contribution in [2.75, 3.05) is 12.5 Å². The summed E-state index contributed by atoms with van der Waals surface area (Å²) in [6, 6.07) is 1.78. The van der Waals surface area contributed by atoms with Gasteiger partial charge in [-0.3, -0.25) is 0 Å². The van der Waals surface area contributed by atoms with E-state index >= 15 is 0 Å². The molecule has 2 heterocycles. The van der Waals surface area contributed by atoms with Crippen LogP contribution < -0.4 is 0 Å². The number of sulfone groups is 2. The van der Waals surface area contributed by atoms with Crippen molar-refractivity contribution in [2.45, 2.75) is 42.3 Å². The maximum Gasteiger partial charge on any atom is 0.267 e. The van der Waals surface area contributed by atoms with E-state index < -0.39 is 24.8 Å². The minimum Gasteiger partial charge on any atom is -0.234 e. The molecule has 0 amide bonds. The summed E-state index contributed by atoms with van der Waals surface area (Å²) in [5, 5.41) is 6.81. The molecule has 0 saturated carbocycles. The first-order valence-electron chi connectivity index (χ1n) is 7.79. The minimum atomic E-state index is -3.63. The summed E-state index contributed by atoms with van der Waals surface area (Å²) in [6.45, 7) is 0. The summed E-state index contributed by atoms with van der Waals surface area (Å²) in [4.78, 5) is 8.27. The molecule has 10 heteroatoms. The van der Waals surface area contributed by atoms with Crippen LogP contribution in [0.15, 0.2) is 22.4 Å². The summed E-state index contributed by atoms with van der Waals surface area (Å²) in [7, 11) is -7.15. The number of hydrogen-bond donors (Lipinski definition) is 0. The average Bonchev–Trinajstić information content (AvgIpc) is 2.77. The molecule has 0 aromatic carbocycles. The second-order valence-electron chi connectivity index (χ2n) is 6.18. The molecule has 0 spiro atoms. The van der Waals surface area contributed by atoms with Gasteiger partial charge in [0.05, 0.1) is 11.9 Å². The third-order valence-corrected chi connectivity index (χ3v) is 5.91. The molecule has 3 rings (SSSR count). The Morgan fingerprint density at radius 3 is 2.28 bits per heavy atom. The molecule has 0 unspecified atom stereocenters. The Morgan fingerprint density at radius 2 is 1.60 bits per heavy atom. The van der Waals surface area contributed by atoms with E-state index in [0.29, 0.717) is 12.1 Å². The van der Waals surface area contributed by atoms with Crippen molar-refractivity contribution in [3.63, 3.8) is 0 Å². The standard InChI is InChI=1S/C15H18N4O4S2/c1-24(20,21)14-11-7-5-3-4-6-10(11)8-12(17-14)13-9-16-19-15(18-13)25(2,22)23/h8-9H,3-7H2,1-2H3. The highest BCUT2D eigenvalue weighted by atomic mass is 32.2. The van der Waals surface area contributed by atoms with Crippen LogP contribution in [0.2, 0.25) is 0 Å². The van der Waals surface area contributed by atoms with E-state index in [1.807, 2.05) is 0 Å². The van der Waals surface area contributed by atoms with Gasteiger partial charge >= 0.3 is 0 Å². The largest absolute Gasteiger partial charge is 0.267 e. The van der Waals surface area contributed by atoms with E-state index in [0.717, 1.165) is 49.3 Å². The molecule has 0 N–H and O–H groups in total. The number of rotatable bonds is 3. The van der Waals surface area contributed by atoms with E-state index in [1.54, 1.807) is 6.07 Å². The van der Waals surface area contributed by atoms with Crippen molar-refractivity contribution in [1.29, 1.82) is 0 Å². The third-order valence-electron chi connectivity index (χ3n) is 4.04. The van der Waals surface area contributed by atoms with Gasteiger partial charge in [-0.15, -0.1) is 5.10 Å². The molecule has 1 aliphatic carbocycles. The molecule has 2 aromatic heterocycles. The van der Waals surface area contributed by atoms with Gasteiger partial charge in [0.25, 0.3) is 5.16 Å². The minimum absolute atomic E-state index is 0.0430. The monoisotopic (exact) mass is 382 g/mol. The molecule has 0 fully saturated rings. The predicted molar refractivity (Wildman–Crippen MR) is 90.5 cm³/mol. The van der Waals surface area contributed by atoms with E-state index in [2.05, 4.69) is 20.2 Å². The Morgan fingerprint density at radius 1 is 0.880 bits per heavy atom. The van der Waals surface area contributed by atoms with Crippen molar-refractivity contribution in [3.8, 4) is 11.4 Å². The van der Waals surface area contributed by atoms with Gasteiger partial charge in [0.2, 0.25) is 9.84 Å². The van der Waals surface area contributed by atoms with Crippen molar-refractivity contribution in [3.05, 3.63) is 23.4 Å². The highest BCUT2D eigenvalue weighted by Crippen LogP contribution is 2.29. The number of fused-ring (bicyclic) bond motifs is 1. The van der Waals surface area contributed by atoms with Gasteiger partial charge in [-0.2, -0.15) is 5.10 Å². The summed E-state index contributed by atoms with van der Waals surface area (Å²) < 4.78 is 47.7. The Balaban J connectivity index is 2.23. The quantitative estimate of drug-likeness (QED) is 0.721. The summed E-state index contributed by atoms with van der Waals surface area (Å²) >= 11 is 0. The van der Waals surface area contributed by atoms with Crippen LogP contribution in [0.25, 0.3) is 11.4 Å². The van der Waals surface area contributed by atoms with E-state index in [9.17, 15) is 16.8 Å². The average molecular weight is 382 g/mol. The van der Waals surface area contributed by atoms with Gasteiger partial charge in [0, 0.05) is 12.5 Å². The third kappa shape index (κ3) is 3.84. The zero-order chi connectivity index (χ0) is 18.2. The normalized spacial score (nSPS) is 15.4. The molecule has 8 nitrogen and oxygen atoms in total. The first-order chi connectivity index (χ1) is 11.7.